The summed E-state index contributed by atoms with van der Waals surface area (Å²) >= 11 is 0. The number of hydrogen-bond acceptors (Lipinski definition) is 6. The van der Waals surface area contributed by atoms with Crippen molar-refractivity contribution >= 4 is 28.7 Å². The van der Waals surface area contributed by atoms with Crippen molar-refractivity contribution < 1.29 is 10.1 Å². The average molecular weight is 484 g/mol. The molecule has 4 rings (SSSR count). The van der Waals surface area contributed by atoms with Crippen molar-refractivity contribution in [1.29, 1.82) is 0 Å². The Morgan fingerprint density at radius 3 is 2.61 bits per heavy atom. The maximum absolute atomic E-state index is 13.9. The molecular formula is C28H31N6O2+. The number of nitrogen functional groups attached to an aromatic ring is 1. The highest BCUT2D eigenvalue weighted by Crippen LogP contribution is 2.27. The second kappa shape index (κ2) is 10.5. The number of hydrogen-bond donors (Lipinski definition) is 3. The number of aromatic nitrogens is 4. The number of aliphatic hydroxyl groups is 1. The van der Waals surface area contributed by atoms with Gasteiger partial charge in [-0.15, -0.1) is 4.98 Å². The molecule has 2 heterocycles. The molecule has 0 bridgehead atoms. The minimum absolute atomic E-state index is 0.122. The van der Waals surface area contributed by atoms with Gasteiger partial charge in [0.1, 0.15) is 17.6 Å². The van der Waals surface area contributed by atoms with Crippen molar-refractivity contribution in [2.45, 2.75) is 33.2 Å². The van der Waals surface area contributed by atoms with Gasteiger partial charge in [-0.2, -0.15) is 0 Å². The summed E-state index contributed by atoms with van der Waals surface area (Å²) in [5.41, 5.74) is 10.2. The summed E-state index contributed by atoms with van der Waals surface area (Å²) in [4.78, 5) is 26.3. The lowest BCUT2D eigenvalue weighted by Crippen LogP contribution is -2.30. The first-order valence-corrected chi connectivity index (χ1v) is 11.8. The van der Waals surface area contributed by atoms with Crippen molar-refractivity contribution in [2.24, 2.45) is 0 Å². The van der Waals surface area contributed by atoms with Crippen molar-refractivity contribution in [2.75, 3.05) is 17.7 Å². The van der Waals surface area contributed by atoms with Gasteiger partial charge in [-0.1, -0.05) is 49.9 Å². The molecule has 0 spiro atoms. The Labute approximate surface area is 209 Å². The fourth-order valence-electron chi connectivity index (χ4n) is 4.29. The van der Waals surface area contributed by atoms with Crippen molar-refractivity contribution in [3.8, 4) is 5.69 Å². The number of anilines is 2. The third-order valence-corrected chi connectivity index (χ3v) is 6.16. The number of nitrogens with one attached hydrogen (secondary N) is 2. The minimum atomic E-state index is -0.353. The third-order valence-electron chi connectivity index (χ3n) is 6.16. The molecule has 1 unspecified atom stereocenters. The molecule has 0 amide bonds. The van der Waals surface area contributed by atoms with Crippen LogP contribution in [0.3, 0.4) is 0 Å². The summed E-state index contributed by atoms with van der Waals surface area (Å²) in [7, 11) is 0. The van der Waals surface area contributed by atoms with Gasteiger partial charge in [0.05, 0.1) is 28.8 Å². The lowest BCUT2D eigenvalue weighted by Gasteiger charge is -2.21. The molecule has 0 saturated carbocycles. The van der Waals surface area contributed by atoms with Crippen LogP contribution < -0.4 is 21.6 Å². The fraction of sp³-hybridized carbons (Fsp3) is 0.214. The fourth-order valence-corrected chi connectivity index (χ4v) is 4.29. The molecule has 8 nitrogen and oxygen atoms in total. The van der Waals surface area contributed by atoms with Gasteiger partial charge >= 0.3 is 5.95 Å². The second-order valence-electron chi connectivity index (χ2n) is 8.60. The number of para-hydroxylation sites is 1. The molecule has 4 aromatic rings. The molecule has 2 aromatic heterocycles. The molecule has 0 saturated heterocycles. The average Bonchev–Trinajstić information content (AvgIpc) is 2.87. The van der Waals surface area contributed by atoms with Crippen molar-refractivity contribution in [3.63, 3.8) is 0 Å². The maximum Gasteiger partial charge on any atom is 0.342 e. The molecule has 0 aliphatic carbocycles. The highest BCUT2D eigenvalue weighted by Gasteiger charge is 2.25. The molecular weight excluding hydrogens is 452 g/mol. The molecule has 0 aliphatic rings. The van der Waals surface area contributed by atoms with E-state index in [1.165, 1.54) is 0 Å². The van der Waals surface area contributed by atoms with Crippen LogP contribution in [0.4, 0.5) is 11.8 Å². The van der Waals surface area contributed by atoms with E-state index in [0.717, 1.165) is 16.8 Å². The molecule has 8 heteroatoms. The summed E-state index contributed by atoms with van der Waals surface area (Å²) in [5, 5.41) is 13.8. The van der Waals surface area contributed by atoms with E-state index < -0.39 is 0 Å². The number of fused-ring (bicyclic) bond motifs is 1. The van der Waals surface area contributed by atoms with E-state index in [1.54, 1.807) is 10.6 Å². The van der Waals surface area contributed by atoms with Crippen LogP contribution in [0.5, 0.6) is 0 Å². The Morgan fingerprint density at radius 2 is 1.94 bits per heavy atom. The van der Waals surface area contributed by atoms with Crippen molar-refractivity contribution in [1.82, 2.24) is 14.5 Å². The summed E-state index contributed by atoms with van der Waals surface area (Å²) in [6.45, 7) is 9.39. The van der Waals surface area contributed by atoms with Crippen LogP contribution in [-0.4, -0.2) is 26.2 Å². The van der Waals surface area contributed by atoms with Crippen LogP contribution in [0.25, 0.3) is 22.7 Å². The van der Waals surface area contributed by atoms with Gasteiger partial charge in [0.15, 0.2) is 0 Å². The number of aromatic amines is 1. The Morgan fingerprint density at radius 1 is 1.19 bits per heavy atom. The van der Waals surface area contributed by atoms with Gasteiger partial charge in [0, 0.05) is 0 Å². The van der Waals surface area contributed by atoms with E-state index in [1.807, 2.05) is 75.4 Å². The number of H-pyrrole nitrogens is 1. The van der Waals surface area contributed by atoms with Gasteiger partial charge in [-0.3, -0.25) is 9.36 Å². The molecule has 0 fully saturated rings. The molecule has 184 valence electrons. The first kappa shape index (κ1) is 24.8. The van der Waals surface area contributed by atoms with Crippen LogP contribution in [0.1, 0.15) is 42.0 Å². The predicted octanol–water partition coefficient (Wildman–Crippen LogP) is 3.92. The molecule has 1 atom stereocenters. The zero-order chi connectivity index (χ0) is 25.8. The standard InChI is InChI=1S/C28H30N6O2/c1-5-19(16-35)15-21-18(4)30-28(29)33-25(21)31-22(6-2)26-32-23-14-10-11-17(3)24(23)27(36)34(26)20-12-8-7-9-13-20/h5,7-15,22,35H,1,6,16H2,2-4H3,(H3,29,30,31,33)/p+1/b19-15-. The molecule has 5 N–H and O–H groups in total. The van der Waals surface area contributed by atoms with E-state index in [0.29, 0.717) is 40.2 Å². The third kappa shape index (κ3) is 4.76. The van der Waals surface area contributed by atoms with Crippen LogP contribution in [0, 0.1) is 13.8 Å². The predicted molar refractivity (Wildman–Crippen MR) is 144 cm³/mol. The van der Waals surface area contributed by atoms with Gasteiger partial charge in [0.2, 0.25) is 5.82 Å². The minimum Gasteiger partial charge on any atom is -0.392 e. The molecule has 0 radical (unpaired) electrons. The number of rotatable bonds is 8. The van der Waals surface area contributed by atoms with Crippen LogP contribution in [0.2, 0.25) is 0 Å². The second-order valence-corrected chi connectivity index (χ2v) is 8.60. The Bertz CT molecular complexity index is 1510. The number of nitrogens with zero attached hydrogens (tertiary/aromatic N) is 3. The monoisotopic (exact) mass is 483 g/mol. The van der Waals surface area contributed by atoms with E-state index in [4.69, 9.17) is 10.7 Å². The maximum atomic E-state index is 13.9. The molecule has 2 aromatic carbocycles. The number of benzene rings is 2. The van der Waals surface area contributed by atoms with Crippen LogP contribution >= 0.6 is 0 Å². The Hall–Kier alpha value is -4.30. The smallest absolute Gasteiger partial charge is 0.342 e. The Balaban J connectivity index is 1.95. The quantitative estimate of drug-likeness (QED) is 0.327. The lowest BCUT2D eigenvalue weighted by atomic mass is 10.1. The van der Waals surface area contributed by atoms with Gasteiger partial charge in [-0.05, 0) is 55.7 Å². The first-order chi connectivity index (χ1) is 17.4. The van der Waals surface area contributed by atoms with E-state index in [9.17, 15) is 9.90 Å². The summed E-state index contributed by atoms with van der Waals surface area (Å²) in [5.74, 6) is 1.43. The van der Waals surface area contributed by atoms with Gasteiger partial charge in [-0.25, -0.2) is 9.97 Å². The zero-order valence-electron chi connectivity index (χ0n) is 20.7. The number of aliphatic hydroxyl groups excluding tert-OH is 1. The van der Waals surface area contributed by atoms with E-state index in [2.05, 4.69) is 21.9 Å². The van der Waals surface area contributed by atoms with Crippen LogP contribution in [-0.2, 0) is 0 Å². The zero-order valence-corrected chi connectivity index (χ0v) is 20.7. The van der Waals surface area contributed by atoms with E-state index in [-0.39, 0.29) is 24.2 Å². The van der Waals surface area contributed by atoms with Gasteiger partial charge in [0.25, 0.3) is 5.56 Å². The SMILES string of the molecule is C=C/C(=C/c1c(C)nc(N)[nH+]c1NC(CC)c1nc2cccc(C)c2c(=O)n1-c1ccccc1)CO. The lowest BCUT2D eigenvalue weighted by molar-refractivity contribution is -0.348. The van der Waals surface area contributed by atoms with E-state index >= 15 is 0 Å². The summed E-state index contributed by atoms with van der Waals surface area (Å²) < 4.78 is 1.67. The first-order valence-electron chi connectivity index (χ1n) is 11.8. The molecule has 36 heavy (non-hydrogen) atoms. The number of nitrogens with two attached hydrogens (primary N) is 1. The van der Waals surface area contributed by atoms with Gasteiger partial charge < -0.3 is 16.2 Å². The Kier molecular flexibility index (Phi) is 7.26. The van der Waals surface area contributed by atoms with Crippen molar-refractivity contribution in [3.05, 3.63) is 99.8 Å². The topological polar surface area (TPSA) is 120 Å². The highest BCUT2D eigenvalue weighted by molar-refractivity contribution is 5.81. The summed E-state index contributed by atoms with van der Waals surface area (Å²) in [6.07, 6.45) is 4.03. The molecule has 0 aliphatic heterocycles. The largest absolute Gasteiger partial charge is 0.392 e. The number of aryl methyl sites for hydroxylation is 2. The normalized spacial score (nSPS) is 12.5. The van der Waals surface area contributed by atoms with Crippen LogP contribution in [0.15, 0.2) is 71.6 Å². The summed E-state index contributed by atoms with van der Waals surface area (Å²) in [6, 6.07) is 14.9. The highest BCUT2D eigenvalue weighted by atomic mass is 16.3.